The van der Waals surface area contributed by atoms with E-state index >= 15 is 0 Å². The molecule has 1 aliphatic rings. The van der Waals surface area contributed by atoms with Crippen LogP contribution in [0.15, 0.2) is 53.4 Å². The van der Waals surface area contributed by atoms with E-state index in [1.807, 2.05) is 49.1 Å². The maximum Gasteiger partial charge on any atom is 0.254 e. The Hall–Kier alpha value is -2.18. The van der Waals surface area contributed by atoms with Crippen LogP contribution in [0.1, 0.15) is 54.1 Å². The summed E-state index contributed by atoms with van der Waals surface area (Å²) < 4.78 is 28.5. The first-order valence-corrected chi connectivity index (χ1v) is 11.8. The van der Waals surface area contributed by atoms with E-state index < -0.39 is 10.0 Å². The fourth-order valence-corrected chi connectivity index (χ4v) is 4.99. The van der Waals surface area contributed by atoms with Crippen LogP contribution < -0.4 is 4.72 Å². The highest BCUT2D eigenvalue weighted by molar-refractivity contribution is 7.89. The Morgan fingerprint density at radius 3 is 2.45 bits per heavy atom. The molecule has 2 aromatic rings. The molecule has 2 aromatic carbocycles. The third kappa shape index (κ3) is 5.67. The number of aryl methyl sites for hydroxylation is 2. The van der Waals surface area contributed by atoms with Gasteiger partial charge in [0.15, 0.2) is 0 Å². The Kier molecular flexibility index (Phi) is 7.09. The lowest BCUT2D eigenvalue weighted by atomic mass is 10.1. The highest BCUT2D eigenvalue weighted by Crippen LogP contribution is 2.20. The van der Waals surface area contributed by atoms with Crippen molar-refractivity contribution in [2.24, 2.45) is 0 Å². The van der Waals surface area contributed by atoms with E-state index in [1.54, 1.807) is 12.1 Å². The highest BCUT2D eigenvalue weighted by Gasteiger charge is 2.23. The van der Waals surface area contributed by atoms with Gasteiger partial charge >= 0.3 is 0 Å². The highest BCUT2D eigenvalue weighted by atomic mass is 32.2. The van der Waals surface area contributed by atoms with Crippen LogP contribution >= 0.6 is 0 Å². The minimum absolute atomic E-state index is 0.0728. The lowest BCUT2D eigenvalue weighted by molar-refractivity contribution is 0.0723. The van der Waals surface area contributed by atoms with Gasteiger partial charge in [-0.25, -0.2) is 13.1 Å². The van der Waals surface area contributed by atoms with Gasteiger partial charge in [-0.2, -0.15) is 0 Å². The van der Waals surface area contributed by atoms with E-state index in [0.717, 1.165) is 44.3 Å². The summed E-state index contributed by atoms with van der Waals surface area (Å²) in [4.78, 5) is 14.9. The number of carbonyl (C=O) groups is 1. The molecule has 6 heteroatoms. The SMILES string of the molecule is Cc1ccc(S(=O)(=O)N[C@H](C)CCc2ccccc2)cc1C(=O)N1CCCCC1. The fraction of sp³-hybridized carbons (Fsp3) is 0.435. The average molecular weight is 415 g/mol. The number of carbonyl (C=O) groups excluding carboxylic acids is 1. The van der Waals surface area contributed by atoms with Crippen LogP contribution in [0.2, 0.25) is 0 Å². The summed E-state index contributed by atoms with van der Waals surface area (Å²) in [5.74, 6) is -0.0728. The van der Waals surface area contributed by atoms with E-state index in [2.05, 4.69) is 4.72 Å². The minimum Gasteiger partial charge on any atom is -0.339 e. The molecule has 0 aliphatic carbocycles. The Morgan fingerprint density at radius 1 is 1.07 bits per heavy atom. The predicted molar refractivity (Wildman–Crippen MR) is 115 cm³/mol. The third-order valence-corrected chi connectivity index (χ3v) is 7.05. The molecule has 5 nitrogen and oxygen atoms in total. The third-order valence-electron chi connectivity index (χ3n) is 5.46. The van der Waals surface area contributed by atoms with Crippen LogP contribution in [-0.4, -0.2) is 38.4 Å². The van der Waals surface area contributed by atoms with Crippen molar-refractivity contribution >= 4 is 15.9 Å². The van der Waals surface area contributed by atoms with Gasteiger partial charge in [0.05, 0.1) is 4.90 Å². The second kappa shape index (κ2) is 9.55. The zero-order chi connectivity index (χ0) is 20.9. The van der Waals surface area contributed by atoms with Gasteiger partial charge in [0, 0.05) is 24.7 Å². The molecule has 1 saturated heterocycles. The first-order chi connectivity index (χ1) is 13.9. The first kappa shape index (κ1) is 21.5. The van der Waals surface area contributed by atoms with Crippen molar-refractivity contribution in [1.82, 2.24) is 9.62 Å². The maximum atomic E-state index is 12.9. The van der Waals surface area contributed by atoms with Crippen molar-refractivity contribution in [1.29, 1.82) is 0 Å². The summed E-state index contributed by atoms with van der Waals surface area (Å²) >= 11 is 0. The number of nitrogens with one attached hydrogen (secondary N) is 1. The standard InChI is InChI=1S/C23H30N2O3S/c1-18-11-14-21(17-22(18)23(26)25-15-7-4-8-16-25)29(27,28)24-19(2)12-13-20-9-5-3-6-10-20/h3,5-6,9-11,14,17,19,24H,4,7-8,12-13,15-16H2,1-2H3/t19-/m1/s1. The molecule has 3 rings (SSSR count). The molecule has 0 bridgehead atoms. The summed E-state index contributed by atoms with van der Waals surface area (Å²) in [6.07, 6.45) is 4.65. The molecule has 1 aliphatic heterocycles. The van der Waals surface area contributed by atoms with Crippen molar-refractivity contribution in [3.8, 4) is 0 Å². The Balaban J connectivity index is 1.70. The normalized spacial score (nSPS) is 15.9. The molecule has 29 heavy (non-hydrogen) atoms. The van der Waals surface area contributed by atoms with Gasteiger partial charge in [-0.1, -0.05) is 36.4 Å². The predicted octanol–water partition coefficient (Wildman–Crippen LogP) is 3.92. The molecule has 1 amide bonds. The van der Waals surface area contributed by atoms with Gasteiger partial charge in [0.2, 0.25) is 10.0 Å². The summed E-state index contributed by atoms with van der Waals surface area (Å²) in [5.41, 5.74) is 2.46. The molecule has 0 radical (unpaired) electrons. The van der Waals surface area contributed by atoms with Crippen molar-refractivity contribution in [3.05, 3.63) is 65.2 Å². The van der Waals surface area contributed by atoms with Gasteiger partial charge in [-0.15, -0.1) is 0 Å². The zero-order valence-electron chi connectivity index (χ0n) is 17.2. The summed E-state index contributed by atoms with van der Waals surface area (Å²) in [5, 5.41) is 0. The second-order valence-electron chi connectivity index (χ2n) is 7.88. The number of likely N-dealkylation sites (tertiary alicyclic amines) is 1. The lowest BCUT2D eigenvalue weighted by Gasteiger charge is -2.27. The molecule has 1 fully saturated rings. The first-order valence-electron chi connectivity index (χ1n) is 10.3. The number of rotatable bonds is 7. The number of nitrogens with zero attached hydrogens (tertiary/aromatic N) is 1. The van der Waals surface area contributed by atoms with Crippen molar-refractivity contribution in [3.63, 3.8) is 0 Å². The smallest absolute Gasteiger partial charge is 0.254 e. The average Bonchev–Trinajstić information content (AvgIpc) is 2.73. The number of piperidine rings is 1. The fourth-order valence-electron chi connectivity index (χ4n) is 3.69. The van der Waals surface area contributed by atoms with Crippen LogP contribution in [0, 0.1) is 6.92 Å². The molecule has 1 N–H and O–H groups in total. The Labute approximate surface area is 174 Å². The maximum absolute atomic E-state index is 12.9. The van der Waals surface area contributed by atoms with E-state index in [4.69, 9.17) is 0 Å². The monoisotopic (exact) mass is 414 g/mol. The van der Waals surface area contributed by atoms with Gasteiger partial charge in [0.1, 0.15) is 0 Å². The van der Waals surface area contributed by atoms with E-state index in [1.165, 1.54) is 11.6 Å². The molecule has 1 atom stereocenters. The number of sulfonamides is 1. The molecule has 1 heterocycles. The van der Waals surface area contributed by atoms with Gasteiger partial charge < -0.3 is 4.90 Å². The number of hydrogen-bond donors (Lipinski definition) is 1. The largest absolute Gasteiger partial charge is 0.339 e. The molecule has 0 unspecified atom stereocenters. The quantitative estimate of drug-likeness (QED) is 0.747. The molecule has 0 aromatic heterocycles. The van der Waals surface area contributed by atoms with Crippen LogP contribution in [0.4, 0.5) is 0 Å². The number of benzene rings is 2. The second-order valence-corrected chi connectivity index (χ2v) is 9.59. The van der Waals surface area contributed by atoms with Crippen LogP contribution in [0.25, 0.3) is 0 Å². The van der Waals surface area contributed by atoms with Crippen molar-refractivity contribution in [2.45, 2.75) is 56.9 Å². The zero-order valence-corrected chi connectivity index (χ0v) is 18.0. The Bertz CT molecular complexity index is 936. The molecular weight excluding hydrogens is 384 g/mol. The van der Waals surface area contributed by atoms with Crippen LogP contribution in [0.5, 0.6) is 0 Å². The molecule has 156 valence electrons. The van der Waals surface area contributed by atoms with Crippen molar-refractivity contribution in [2.75, 3.05) is 13.1 Å². The summed E-state index contributed by atoms with van der Waals surface area (Å²) in [7, 11) is -3.69. The van der Waals surface area contributed by atoms with Gasteiger partial charge in [-0.3, -0.25) is 4.79 Å². The van der Waals surface area contributed by atoms with E-state index in [0.29, 0.717) is 12.0 Å². The minimum atomic E-state index is -3.69. The van der Waals surface area contributed by atoms with E-state index in [-0.39, 0.29) is 16.8 Å². The summed E-state index contributed by atoms with van der Waals surface area (Å²) in [6.45, 7) is 5.20. The molecule has 0 spiro atoms. The lowest BCUT2D eigenvalue weighted by Crippen LogP contribution is -2.36. The molecule has 0 saturated carbocycles. The van der Waals surface area contributed by atoms with E-state index in [9.17, 15) is 13.2 Å². The summed E-state index contributed by atoms with van der Waals surface area (Å²) in [6, 6.07) is 14.6. The molecular formula is C23H30N2O3S. The topological polar surface area (TPSA) is 66.5 Å². The number of amides is 1. The Morgan fingerprint density at radius 2 is 1.76 bits per heavy atom. The van der Waals surface area contributed by atoms with Gasteiger partial charge in [-0.05, 0) is 69.2 Å². The van der Waals surface area contributed by atoms with Crippen LogP contribution in [-0.2, 0) is 16.4 Å². The number of hydrogen-bond acceptors (Lipinski definition) is 3. The van der Waals surface area contributed by atoms with Crippen molar-refractivity contribution < 1.29 is 13.2 Å². The van der Waals surface area contributed by atoms with Crippen LogP contribution in [0.3, 0.4) is 0 Å². The van der Waals surface area contributed by atoms with Gasteiger partial charge in [0.25, 0.3) is 5.91 Å².